The van der Waals surface area contributed by atoms with E-state index < -0.39 is 0 Å². The summed E-state index contributed by atoms with van der Waals surface area (Å²) in [6, 6.07) is 9.38. The zero-order chi connectivity index (χ0) is 20.2. The molecule has 0 aliphatic heterocycles. The smallest absolute Gasteiger partial charge is 0.226 e. The molecule has 0 saturated carbocycles. The van der Waals surface area contributed by atoms with Gasteiger partial charge in [-0.15, -0.1) is 11.3 Å². The van der Waals surface area contributed by atoms with E-state index >= 15 is 0 Å². The van der Waals surface area contributed by atoms with Crippen LogP contribution in [0.15, 0.2) is 54.3 Å². The number of amides is 1. The predicted octanol–water partition coefficient (Wildman–Crippen LogP) is 3.33. The van der Waals surface area contributed by atoms with Gasteiger partial charge in [-0.05, 0) is 29.8 Å². The fraction of sp³-hybridized carbons (Fsp3) is 0.190. The Morgan fingerprint density at radius 2 is 2.14 bits per heavy atom. The summed E-state index contributed by atoms with van der Waals surface area (Å²) in [4.78, 5) is 22.0. The molecule has 3 heterocycles. The van der Waals surface area contributed by atoms with Gasteiger partial charge in [-0.25, -0.2) is 4.98 Å². The summed E-state index contributed by atoms with van der Waals surface area (Å²) in [5.74, 6) is 1.39. The molecule has 0 radical (unpaired) electrons. The van der Waals surface area contributed by atoms with E-state index in [-0.39, 0.29) is 12.3 Å². The van der Waals surface area contributed by atoms with E-state index in [0.29, 0.717) is 12.3 Å². The highest BCUT2D eigenvalue weighted by atomic mass is 32.1. The first-order valence-corrected chi connectivity index (χ1v) is 9.89. The largest absolute Gasteiger partial charge is 0.497 e. The number of nitrogens with one attached hydrogen (secondary N) is 1. The Bertz CT molecular complexity index is 1140. The molecule has 4 rings (SSSR count). The quantitative estimate of drug-likeness (QED) is 0.508. The standard InChI is InChI=1S/C21H20N4O3S/c1-27-16-5-6-19(28-2)17(9-16)18-12-25-15(13-29-21(25)24-18)8-20(26)23-11-14-4-3-7-22-10-14/h3-7,9-10,12-13H,8,11H2,1-2H3,(H,23,26). The highest BCUT2D eigenvalue weighted by Gasteiger charge is 2.15. The Hall–Kier alpha value is -3.39. The Labute approximate surface area is 172 Å². The van der Waals surface area contributed by atoms with Gasteiger partial charge >= 0.3 is 0 Å². The fourth-order valence-corrected chi connectivity index (χ4v) is 3.90. The van der Waals surface area contributed by atoms with Crippen LogP contribution < -0.4 is 14.8 Å². The van der Waals surface area contributed by atoms with Crippen LogP contribution in [-0.4, -0.2) is 34.5 Å². The van der Waals surface area contributed by atoms with E-state index in [4.69, 9.17) is 14.5 Å². The molecule has 0 bridgehead atoms. The third-order valence-corrected chi connectivity index (χ3v) is 5.41. The molecule has 0 saturated heterocycles. The normalized spacial score (nSPS) is 10.8. The molecular weight excluding hydrogens is 388 g/mol. The molecule has 1 N–H and O–H groups in total. The summed E-state index contributed by atoms with van der Waals surface area (Å²) < 4.78 is 12.7. The molecule has 29 heavy (non-hydrogen) atoms. The van der Waals surface area contributed by atoms with Crippen LogP contribution in [0, 0.1) is 0 Å². The Morgan fingerprint density at radius 1 is 1.24 bits per heavy atom. The first kappa shape index (κ1) is 18.9. The number of imidazole rings is 1. The van der Waals surface area contributed by atoms with Crippen molar-refractivity contribution in [2.75, 3.05) is 14.2 Å². The minimum atomic E-state index is -0.0530. The van der Waals surface area contributed by atoms with Crippen molar-refractivity contribution in [3.63, 3.8) is 0 Å². The molecule has 0 atom stereocenters. The lowest BCUT2D eigenvalue weighted by molar-refractivity contribution is -0.120. The number of ether oxygens (including phenoxy) is 2. The molecule has 148 valence electrons. The first-order chi connectivity index (χ1) is 14.2. The van der Waals surface area contributed by atoms with Gasteiger partial charge in [-0.2, -0.15) is 0 Å². The zero-order valence-corrected chi connectivity index (χ0v) is 16.9. The van der Waals surface area contributed by atoms with Crippen molar-refractivity contribution >= 4 is 22.2 Å². The number of nitrogens with zero attached hydrogens (tertiary/aromatic N) is 3. The molecule has 0 unspecified atom stereocenters. The van der Waals surface area contributed by atoms with Crippen molar-refractivity contribution in [3.8, 4) is 22.8 Å². The van der Waals surface area contributed by atoms with Crippen molar-refractivity contribution in [2.24, 2.45) is 0 Å². The number of rotatable bonds is 7. The van der Waals surface area contributed by atoms with Crippen LogP contribution >= 0.6 is 11.3 Å². The molecule has 8 heteroatoms. The molecule has 3 aromatic heterocycles. The van der Waals surface area contributed by atoms with Crippen molar-refractivity contribution < 1.29 is 14.3 Å². The van der Waals surface area contributed by atoms with Crippen LogP contribution in [0.5, 0.6) is 11.5 Å². The number of thiazole rings is 1. The summed E-state index contributed by atoms with van der Waals surface area (Å²) in [7, 11) is 3.25. The molecule has 7 nitrogen and oxygen atoms in total. The third-order valence-electron chi connectivity index (χ3n) is 4.52. The second-order valence-corrected chi connectivity index (χ2v) is 7.22. The lowest BCUT2D eigenvalue weighted by Gasteiger charge is -2.08. The van der Waals surface area contributed by atoms with E-state index in [1.165, 1.54) is 11.3 Å². The average molecular weight is 408 g/mol. The second kappa shape index (κ2) is 8.32. The van der Waals surface area contributed by atoms with Gasteiger partial charge in [0.15, 0.2) is 4.96 Å². The van der Waals surface area contributed by atoms with Crippen molar-refractivity contribution in [1.82, 2.24) is 19.7 Å². The van der Waals surface area contributed by atoms with Gasteiger partial charge < -0.3 is 14.8 Å². The van der Waals surface area contributed by atoms with Gasteiger partial charge in [0.05, 0.1) is 26.3 Å². The van der Waals surface area contributed by atoms with Crippen LogP contribution in [0.1, 0.15) is 11.3 Å². The number of methoxy groups -OCH3 is 2. The molecule has 4 aromatic rings. The van der Waals surface area contributed by atoms with Gasteiger partial charge in [0.1, 0.15) is 11.5 Å². The van der Waals surface area contributed by atoms with Gasteiger partial charge in [-0.1, -0.05) is 6.07 Å². The number of hydrogen-bond donors (Lipinski definition) is 1. The van der Waals surface area contributed by atoms with Crippen LogP contribution in [-0.2, 0) is 17.8 Å². The minimum Gasteiger partial charge on any atom is -0.497 e. The Morgan fingerprint density at radius 3 is 2.90 bits per heavy atom. The topological polar surface area (TPSA) is 77.8 Å². The fourth-order valence-electron chi connectivity index (χ4n) is 3.03. The van der Waals surface area contributed by atoms with E-state index in [2.05, 4.69) is 10.3 Å². The molecule has 1 amide bonds. The number of hydrogen-bond acceptors (Lipinski definition) is 6. The van der Waals surface area contributed by atoms with Crippen LogP contribution in [0.3, 0.4) is 0 Å². The van der Waals surface area contributed by atoms with E-state index in [0.717, 1.165) is 33.2 Å². The minimum absolute atomic E-state index is 0.0530. The first-order valence-electron chi connectivity index (χ1n) is 9.01. The predicted molar refractivity (Wildman–Crippen MR) is 111 cm³/mol. The van der Waals surface area contributed by atoms with Crippen LogP contribution in [0.25, 0.3) is 16.2 Å². The van der Waals surface area contributed by atoms with Crippen molar-refractivity contribution in [1.29, 1.82) is 0 Å². The highest BCUT2D eigenvalue weighted by molar-refractivity contribution is 7.15. The Kier molecular flexibility index (Phi) is 5.44. The number of carbonyl (C=O) groups excluding carboxylic acids is 1. The Balaban J connectivity index is 1.54. The van der Waals surface area contributed by atoms with Crippen LogP contribution in [0.4, 0.5) is 0 Å². The highest BCUT2D eigenvalue weighted by Crippen LogP contribution is 2.34. The molecule has 0 aliphatic carbocycles. The summed E-state index contributed by atoms with van der Waals surface area (Å²) >= 11 is 1.50. The van der Waals surface area contributed by atoms with Gasteiger partial charge in [0.25, 0.3) is 0 Å². The van der Waals surface area contributed by atoms with E-state index in [1.54, 1.807) is 26.6 Å². The summed E-state index contributed by atoms with van der Waals surface area (Å²) in [6.07, 6.45) is 5.65. The third kappa shape index (κ3) is 4.07. The summed E-state index contributed by atoms with van der Waals surface area (Å²) in [5, 5.41) is 4.89. The average Bonchev–Trinajstić information content (AvgIpc) is 3.34. The number of benzene rings is 1. The van der Waals surface area contributed by atoms with Crippen LogP contribution in [0.2, 0.25) is 0 Å². The summed E-state index contributed by atoms with van der Waals surface area (Å²) in [6.45, 7) is 0.455. The van der Waals surface area contributed by atoms with Gasteiger partial charge in [0.2, 0.25) is 5.91 Å². The number of carbonyl (C=O) groups is 1. The van der Waals surface area contributed by atoms with Crippen molar-refractivity contribution in [3.05, 3.63) is 65.6 Å². The summed E-state index contributed by atoms with van der Waals surface area (Å²) in [5.41, 5.74) is 3.46. The number of aromatic nitrogens is 3. The molecule has 0 aliphatic rings. The van der Waals surface area contributed by atoms with Gasteiger partial charge in [0, 0.05) is 41.8 Å². The van der Waals surface area contributed by atoms with E-state index in [1.807, 2.05) is 46.3 Å². The molecule has 0 spiro atoms. The molecule has 1 aromatic carbocycles. The maximum atomic E-state index is 12.4. The van der Waals surface area contributed by atoms with Crippen molar-refractivity contribution in [2.45, 2.75) is 13.0 Å². The lowest BCUT2D eigenvalue weighted by atomic mass is 10.1. The number of fused-ring (bicyclic) bond motifs is 1. The van der Waals surface area contributed by atoms with Gasteiger partial charge in [-0.3, -0.25) is 14.2 Å². The molecule has 0 fully saturated rings. The lowest BCUT2D eigenvalue weighted by Crippen LogP contribution is -2.25. The second-order valence-electron chi connectivity index (χ2n) is 6.39. The maximum absolute atomic E-state index is 12.4. The SMILES string of the molecule is COc1ccc(OC)c(-c2cn3c(CC(=O)NCc4cccnc4)csc3n2)c1. The number of pyridine rings is 1. The monoisotopic (exact) mass is 408 g/mol. The zero-order valence-electron chi connectivity index (χ0n) is 16.1. The maximum Gasteiger partial charge on any atom is 0.226 e. The molecular formula is C21H20N4O3S. The van der Waals surface area contributed by atoms with E-state index in [9.17, 15) is 4.79 Å².